The Morgan fingerprint density at radius 1 is 1.08 bits per heavy atom. The fourth-order valence-electron chi connectivity index (χ4n) is 5.99. The molecule has 5 atom stereocenters. The topological polar surface area (TPSA) is 160 Å². The summed E-state index contributed by atoms with van der Waals surface area (Å²) in [7, 11) is 0. The largest absolute Gasteiger partial charge is 0.479 e. The molecule has 1 saturated carbocycles. The minimum Gasteiger partial charge on any atom is -0.479 e. The molecule has 266 valence electrons. The number of carboxylic acids is 1. The Hall–Kier alpha value is -4.78. The number of fused-ring (bicyclic) bond motifs is 1. The number of nitrogens with one attached hydrogen (secondary N) is 2. The van der Waals surface area contributed by atoms with E-state index >= 15 is 0 Å². The number of hydrogen-bond donors (Lipinski definition) is 3. The van der Waals surface area contributed by atoms with E-state index in [-0.39, 0.29) is 25.3 Å². The number of benzene rings is 1. The van der Waals surface area contributed by atoms with Crippen molar-refractivity contribution in [1.82, 2.24) is 25.5 Å². The number of carboxylic acid groups (broad SMARTS) is 1. The first-order chi connectivity index (χ1) is 23.4. The molecular weight excluding hydrogens is 659 g/mol. The maximum atomic E-state index is 14.4. The van der Waals surface area contributed by atoms with Gasteiger partial charge in [0.05, 0.1) is 17.6 Å². The summed E-state index contributed by atoms with van der Waals surface area (Å²) in [6.45, 7) is 16.2. The quantitative estimate of drug-likeness (QED) is 0.228. The standard InChI is InChI=1S/C37H45N5O7S/c1-9-22-19-37(22,33(45)46)41-30(43)27-18-23(20-42(27)32(44)29(35(3,4)5)40-34(47)49-36(6,7)8)48-31-26(14-15-28-21(2)16-17-50-28)38-24-12-10-11-13-25(24)39-31/h9-17,22-23,27,29H,1,18-20H2,2-8H3,(H,40,47)(H,41,43)(H,45,46)/b15-14+/t22-,23-,27+,29-,37?/m1/s1. The van der Waals surface area contributed by atoms with Crippen molar-refractivity contribution < 1.29 is 33.8 Å². The SMILES string of the molecule is C=C[C@@H]1CC1(NC(=O)[C@@H]1C[C@@H](Oc2nc3ccccc3nc2/C=C/c2sccc2C)CN1C(=O)[C@@H](NC(=O)OC(C)(C)C)C(C)(C)C)C(=O)O. The van der Waals surface area contributed by atoms with Gasteiger partial charge >= 0.3 is 12.1 Å². The van der Waals surface area contributed by atoms with E-state index in [2.05, 4.69) is 17.2 Å². The average molecular weight is 704 g/mol. The lowest BCUT2D eigenvalue weighted by Gasteiger charge is -2.35. The van der Waals surface area contributed by atoms with Crippen molar-refractivity contribution in [2.45, 2.75) is 90.6 Å². The van der Waals surface area contributed by atoms with Gasteiger partial charge in [-0.05, 0) is 80.8 Å². The van der Waals surface area contributed by atoms with Gasteiger partial charge in [-0.1, -0.05) is 39.0 Å². The van der Waals surface area contributed by atoms with E-state index in [9.17, 15) is 24.3 Å². The van der Waals surface area contributed by atoms with E-state index in [4.69, 9.17) is 19.4 Å². The first-order valence-electron chi connectivity index (χ1n) is 16.6. The summed E-state index contributed by atoms with van der Waals surface area (Å²) in [5, 5.41) is 17.4. The van der Waals surface area contributed by atoms with Gasteiger partial charge in [0, 0.05) is 17.2 Å². The number of carbonyl (C=O) groups is 4. The van der Waals surface area contributed by atoms with Crippen LogP contribution < -0.4 is 15.4 Å². The van der Waals surface area contributed by atoms with Crippen LogP contribution in [0, 0.1) is 18.3 Å². The van der Waals surface area contributed by atoms with Crippen molar-refractivity contribution in [2.75, 3.05) is 6.54 Å². The van der Waals surface area contributed by atoms with Gasteiger partial charge < -0.3 is 30.1 Å². The van der Waals surface area contributed by atoms with Crippen LogP contribution in [0.5, 0.6) is 5.88 Å². The Balaban J connectivity index is 1.48. The molecule has 0 bridgehead atoms. The van der Waals surface area contributed by atoms with Crippen LogP contribution in [0.1, 0.15) is 70.5 Å². The minimum atomic E-state index is -1.51. The zero-order valence-electron chi connectivity index (χ0n) is 29.5. The Labute approximate surface area is 296 Å². The monoisotopic (exact) mass is 703 g/mol. The zero-order chi connectivity index (χ0) is 36.6. The van der Waals surface area contributed by atoms with Crippen molar-refractivity contribution >= 4 is 58.4 Å². The lowest BCUT2D eigenvalue weighted by atomic mass is 9.85. The normalized spacial score (nSPS) is 22.6. The van der Waals surface area contributed by atoms with Gasteiger partial charge in [0.1, 0.15) is 35.0 Å². The summed E-state index contributed by atoms with van der Waals surface area (Å²) in [6.07, 6.45) is 4.00. The van der Waals surface area contributed by atoms with Gasteiger partial charge in [0.15, 0.2) is 0 Å². The van der Waals surface area contributed by atoms with Crippen molar-refractivity contribution in [1.29, 1.82) is 0 Å². The molecule has 1 aromatic carbocycles. The molecule has 2 aliphatic rings. The van der Waals surface area contributed by atoms with Crippen molar-refractivity contribution in [2.24, 2.45) is 11.3 Å². The second-order valence-corrected chi connectivity index (χ2v) is 15.9. The molecular formula is C37H45N5O7S. The number of carbonyl (C=O) groups excluding carboxylic acids is 3. The number of para-hydroxylation sites is 2. The number of ether oxygens (including phenoxy) is 2. The van der Waals surface area contributed by atoms with Gasteiger partial charge in [-0.25, -0.2) is 19.6 Å². The van der Waals surface area contributed by atoms with Gasteiger partial charge in [-0.2, -0.15) is 0 Å². The third-order valence-electron chi connectivity index (χ3n) is 8.79. The fraction of sp³-hybridized carbons (Fsp3) is 0.459. The molecule has 1 aliphatic heterocycles. The van der Waals surface area contributed by atoms with Crippen LogP contribution in [0.15, 0.2) is 48.4 Å². The van der Waals surface area contributed by atoms with E-state index in [0.717, 1.165) is 10.4 Å². The molecule has 13 heteroatoms. The number of likely N-dealkylation sites (tertiary alicyclic amines) is 1. The number of amides is 3. The molecule has 5 rings (SSSR count). The van der Waals surface area contributed by atoms with Gasteiger partial charge in [0.2, 0.25) is 17.7 Å². The molecule has 1 aliphatic carbocycles. The first-order valence-corrected chi connectivity index (χ1v) is 17.4. The number of thiophene rings is 1. The highest BCUT2D eigenvalue weighted by Gasteiger charge is 2.61. The molecule has 3 heterocycles. The lowest BCUT2D eigenvalue weighted by molar-refractivity contribution is -0.146. The van der Waals surface area contributed by atoms with Crippen LogP contribution in [-0.2, 0) is 19.1 Å². The van der Waals surface area contributed by atoms with E-state index in [1.54, 1.807) is 52.9 Å². The Kier molecular flexibility index (Phi) is 10.1. The number of nitrogens with zero attached hydrogens (tertiary/aromatic N) is 3. The van der Waals surface area contributed by atoms with Gasteiger partial charge in [0.25, 0.3) is 0 Å². The summed E-state index contributed by atoms with van der Waals surface area (Å²) in [5.74, 6) is -2.58. The Morgan fingerprint density at radius 3 is 2.32 bits per heavy atom. The van der Waals surface area contributed by atoms with Crippen LogP contribution in [-0.4, -0.2) is 79.7 Å². The lowest BCUT2D eigenvalue weighted by Crippen LogP contribution is -2.59. The number of aromatic nitrogens is 2. The highest BCUT2D eigenvalue weighted by atomic mass is 32.1. The summed E-state index contributed by atoms with van der Waals surface area (Å²) in [6, 6.07) is 7.22. The summed E-state index contributed by atoms with van der Waals surface area (Å²) in [5.41, 5.74) is -0.245. The van der Waals surface area contributed by atoms with E-state index in [0.29, 0.717) is 16.7 Å². The smallest absolute Gasteiger partial charge is 0.408 e. The van der Waals surface area contributed by atoms with Crippen molar-refractivity contribution in [3.63, 3.8) is 0 Å². The molecule has 50 heavy (non-hydrogen) atoms. The highest BCUT2D eigenvalue weighted by Crippen LogP contribution is 2.45. The number of aliphatic carboxylic acids is 1. The molecule has 3 amide bonds. The molecule has 2 aromatic heterocycles. The predicted molar refractivity (Wildman–Crippen MR) is 191 cm³/mol. The van der Waals surface area contributed by atoms with Gasteiger partial charge in [-0.15, -0.1) is 17.9 Å². The Bertz CT molecular complexity index is 1840. The maximum Gasteiger partial charge on any atom is 0.408 e. The first kappa shape index (κ1) is 36.5. The summed E-state index contributed by atoms with van der Waals surface area (Å²) in [4.78, 5) is 65.5. The number of alkyl carbamates (subject to hydrolysis) is 1. The molecule has 1 unspecified atom stereocenters. The Morgan fingerprint density at radius 2 is 1.76 bits per heavy atom. The second kappa shape index (κ2) is 13.9. The summed E-state index contributed by atoms with van der Waals surface area (Å²) >= 11 is 1.59. The molecule has 12 nitrogen and oxygen atoms in total. The van der Waals surface area contributed by atoms with Crippen LogP contribution in [0.25, 0.3) is 23.2 Å². The van der Waals surface area contributed by atoms with E-state index in [1.807, 2.05) is 54.8 Å². The number of hydrogen-bond acceptors (Lipinski definition) is 9. The fourth-order valence-corrected chi connectivity index (χ4v) is 6.81. The van der Waals surface area contributed by atoms with Crippen LogP contribution in [0.3, 0.4) is 0 Å². The van der Waals surface area contributed by atoms with Crippen LogP contribution in [0.4, 0.5) is 4.79 Å². The summed E-state index contributed by atoms with van der Waals surface area (Å²) < 4.78 is 11.9. The molecule has 0 spiro atoms. The third-order valence-corrected chi connectivity index (χ3v) is 9.77. The maximum absolute atomic E-state index is 14.4. The molecule has 2 fully saturated rings. The van der Waals surface area contributed by atoms with Crippen molar-refractivity contribution in [3.05, 3.63) is 64.5 Å². The number of aryl methyl sites for hydroxylation is 1. The minimum absolute atomic E-state index is 0.0356. The number of rotatable bonds is 10. The second-order valence-electron chi connectivity index (χ2n) is 14.9. The predicted octanol–water partition coefficient (Wildman–Crippen LogP) is 5.60. The molecule has 1 saturated heterocycles. The molecule has 3 N–H and O–H groups in total. The highest BCUT2D eigenvalue weighted by molar-refractivity contribution is 7.11. The van der Waals surface area contributed by atoms with Crippen LogP contribution >= 0.6 is 11.3 Å². The van der Waals surface area contributed by atoms with E-state index < -0.39 is 64.5 Å². The molecule has 3 aromatic rings. The van der Waals surface area contributed by atoms with E-state index in [1.165, 1.54) is 11.0 Å². The third kappa shape index (κ3) is 7.99. The van der Waals surface area contributed by atoms with Gasteiger partial charge in [-0.3, -0.25) is 9.59 Å². The zero-order valence-corrected chi connectivity index (χ0v) is 30.3. The van der Waals surface area contributed by atoms with Crippen LogP contribution in [0.2, 0.25) is 0 Å². The average Bonchev–Trinajstić information content (AvgIpc) is 3.33. The van der Waals surface area contributed by atoms with Crippen molar-refractivity contribution in [3.8, 4) is 5.88 Å². The molecule has 0 radical (unpaired) electrons.